The SMILES string of the molecule is CCC[C@H](c1ccc2c(c1)OC(F)(F)O2)N1CCNCC1. The van der Waals surface area contributed by atoms with E-state index in [0.29, 0.717) is 0 Å². The van der Waals surface area contributed by atoms with E-state index < -0.39 is 6.29 Å². The van der Waals surface area contributed by atoms with Crippen molar-refractivity contribution in [2.45, 2.75) is 32.1 Å². The maximum atomic E-state index is 13.1. The molecule has 3 rings (SSSR count). The average molecular weight is 298 g/mol. The van der Waals surface area contributed by atoms with E-state index in [1.54, 1.807) is 12.1 Å². The highest BCUT2D eigenvalue weighted by Crippen LogP contribution is 2.43. The van der Waals surface area contributed by atoms with Crippen molar-refractivity contribution in [3.63, 3.8) is 0 Å². The molecule has 2 aliphatic rings. The number of nitrogens with zero attached hydrogens (tertiary/aromatic N) is 1. The van der Waals surface area contributed by atoms with Gasteiger partial charge in [0.15, 0.2) is 11.5 Å². The van der Waals surface area contributed by atoms with E-state index in [0.717, 1.165) is 44.6 Å². The second-order valence-electron chi connectivity index (χ2n) is 5.46. The predicted octanol–water partition coefficient (Wildman–Crippen LogP) is 2.75. The van der Waals surface area contributed by atoms with Crippen LogP contribution in [0, 0.1) is 0 Å². The zero-order valence-electron chi connectivity index (χ0n) is 12.1. The molecule has 0 bridgehead atoms. The van der Waals surface area contributed by atoms with Crippen molar-refractivity contribution >= 4 is 0 Å². The Balaban J connectivity index is 1.83. The van der Waals surface area contributed by atoms with Gasteiger partial charge in [-0.1, -0.05) is 19.4 Å². The molecule has 1 aromatic rings. The molecule has 2 heterocycles. The van der Waals surface area contributed by atoms with Crippen LogP contribution < -0.4 is 14.8 Å². The lowest BCUT2D eigenvalue weighted by Gasteiger charge is -2.35. The molecule has 1 N–H and O–H groups in total. The van der Waals surface area contributed by atoms with Gasteiger partial charge in [-0.25, -0.2) is 0 Å². The summed E-state index contributed by atoms with van der Waals surface area (Å²) in [5.74, 6) is 0.244. The van der Waals surface area contributed by atoms with Gasteiger partial charge in [-0.15, -0.1) is 8.78 Å². The highest BCUT2D eigenvalue weighted by atomic mass is 19.3. The summed E-state index contributed by atoms with van der Waals surface area (Å²) in [7, 11) is 0. The predicted molar refractivity (Wildman–Crippen MR) is 74.7 cm³/mol. The summed E-state index contributed by atoms with van der Waals surface area (Å²) in [6.07, 6.45) is -1.51. The van der Waals surface area contributed by atoms with Gasteiger partial charge in [0.2, 0.25) is 0 Å². The normalized spacial score (nSPS) is 22.2. The van der Waals surface area contributed by atoms with Crippen molar-refractivity contribution in [2.24, 2.45) is 0 Å². The van der Waals surface area contributed by atoms with Gasteiger partial charge in [-0.2, -0.15) is 0 Å². The van der Waals surface area contributed by atoms with Crippen LogP contribution in [0.15, 0.2) is 18.2 Å². The summed E-state index contributed by atoms with van der Waals surface area (Å²) < 4.78 is 35.2. The molecule has 0 radical (unpaired) electrons. The quantitative estimate of drug-likeness (QED) is 0.927. The highest BCUT2D eigenvalue weighted by molar-refractivity contribution is 5.46. The number of ether oxygens (including phenoxy) is 2. The van der Waals surface area contributed by atoms with Gasteiger partial charge in [0.1, 0.15) is 0 Å². The van der Waals surface area contributed by atoms with Crippen LogP contribution in [0.1, 0.15) is 31.4 Å². The Morgan fingerprint density at radius 1 is 1.24 bits per heavy atom. The second-order valence-corrected chi connectivity index (χ2v) is 5.46. The molecule has 6 heteroatoms. The van der Waals surface area contributed by atoms with E-state index >= 15 is 0 Å². The molecule has 4 nitrogen and oxygen atoms in total. The van der Waals surface area contributed by atoms with Crippen molar-refractivity contribution in [1.82, 2.24) is 10.2 Å². The molecule has 0 aromatic heterocycles. The third kappa shape index (κ3) is 3.11. The number of halogens is 2. The lowest BCUT2D eigenvalue weighted by atomic mass is 9.99. The summed E-state index contributed by atoms with van der Waals surface area (Å²) in [6, 6.07) is 5.38. The fourth-order valence-corrected chi connectivity index (χ4v) is 3.00. The zero-order valence-corrected chi connectivity index (χ0v) is 12.1. The number of hydrogen-bond acceptors (Lipinski definition) is 4. The molecule has 1 saturated heterocycles. The average Bonchev–Trinajstić information content (AvgIpc) is 2.78. The van der Waals surface area contributed by atoms with Crippen molar-refractivity contribution in [3.05, 3.63) is 23.8 Å². The molecule has 0 amide bonds. The van der Waals surface area contributed by atoms with Gasteiger partial charge in [0.25, 0.3) is 0 Å². The van der Waals surface area contributed by atoms with Crippen LogP contribution in [0.2, 0.25) is 0 Å². The first-order valence-electron chi connectivity index (χ1n) is 7.43. The molecule has 1 aromatic carbocycles. The number of alkyl halides is 2. The van der Waals surface area contributed by atoms with E-state index in [4.69, 9.17) is 0 Å². The Bertz CT molecular complexity index is 504. The van der Waals surface area contributed by atoms with Crippen molar-refractivity contribution in [1.29, 1.82) is 0 Å². The molecular formula is C15H20F2N2O2. The van der Waals surface area contributed by atoms with Crippen LogP contribution in [0.3, 0.4) is 0 Å². The zero-order chi connectivity index (χ0) is 14.9. The minimum Gasteiger partial charge on any atom is -0.395 e. The van der Waals surface area contributed by atoms with Crippen LogP contribution in [-0.2, 0) is 0 Å². The number of benzene rings is 1. The van der Waals surface area contributed by atoms with Crippen molar-refractivity contribution in [3.8, 4) is 11.5 Å². The molecule has 116 valence electrons. The smallest absolute Gasteiger partial charge is 0.395 e. The van der Waals surface area contributed by atoms with Gasteiger partial charge >= 0.3 is 6.29 Å². The number of piperazine rings is 1. The highest BCUT2D eigenvalue weighted by Gasteiger charge is 2.43. The lowest BCUT2D eigenvalue weighted by Crippen LogP contribution is -2.45. The fourth-order valence-electron chi connectivity index (χ4n) is 3.00. The molecule has 1 atom stereocenters. The Morgan fingerprint density at radius 2 is 1.95 bits per heavy atom. The summed E-state index contributed by atoms with van der Waals surface area (Å²) in [4.78, 5) is 2.40. The van der Waals surface area contributed by atoms with E-state index in [9.17, 15) is 8.78 Å². The largest absolute Gasteiger partial charge is 0.586 e. The summed E-state index contributed by atoms with van der Waals surface area (Å²) >= 11 is 0. The molecule has 21 heavy (non-hydrogen) atoms. The second kappa shape index (κ2) is 5.77. The molecule has 0 aliphatic carbocycles. The first-order chi connectivity index (χ1) is 10.1. The van der Waals surface area contributed by atoms with Crippen LogP contribution in [-0.4, -0.2) is 37.4 Å². The first kappa shape index (κ1) is 14.5. The van der Waals surface area contributed by atoms with Crippen LogP contribution in [0.4, 0.5) is 8.78 Å². The number of rotatable bonds is 4. The third-order valence-corrected chi connectivity index (χ3v) is 3.96. The monoisotopic (exact) mass is 298 g/mol. The summed E-state index contributed by atoms with van der Waals surface area (Å²) in [5.41, 5.74) is 1.01. The van der Waals surface area contributed by atoms with Gasteiger partial charge in [-0.05, 0) is 24.1 Å². The van der Waals surface area contributed by atoms with Crippen molar-refractivity contribution in [2.75, 3.05) is 26.2 Å². The standard InChI is InChI=1S/C15H20F2N2O2/c1-2-3-12(19-8-6-18-7-9-19)11-4-5-13-14(10-11)21-15(16,17)20-13/h4-5,10,12,18H,2-3,6-9H2,1H3/t12-/m1/s1. The van der Waals surface area contributed by atoms with E-state index in [-0.39, 0.29) is 17.5 Å². The van der Waals surface area contributed by atoms with Crippen LogP contribution in [0.25, 0.3) is 0 Å². The molecular weight excluding hydrogens is 278 g/mol. The van der Waals surface area contributed by atoms with Crippen LogP contribution >= 0.6 is 0 Å². The third-order valence-electron chi connectivity index (χ3n) is 3.96. The minimum atomic E-state index is -3.55. The van der Waals surface area contributed by atoms with Gasteiger partial charge < -0.3 is 14.8 Å². The number of nitrogens with one attached hydrogen (secondary N) is 1. The van der Waals surface area contributed by atoms with Crippen LogP contribution in [0.5, 0.6) is 11.5 Å². The Hall–Kier alpha value is -1.40. The topological polar surface area (TPSA) is 33.7 Å². The van der Waals surface area contributed by atoms with E-state index in [1.165, 1.54) is 0 Å². The maximum Gasteiger partial charge on any atom is 0.586 e. The Labute approximate surface area is 123 Å². The summed E-state index contributed by atoms with van der Waals surface area (Å²) in [6.45, 7) is 5.99. The maximum absolute atomic E-state index is 13.1. The summed E-state index contributed by atoms with van der Waals surface area (Å²) in [5, 5.41) is 3.33. The minimum absolute atomic E-state index is 0.110. The van der Waals surface area contributed by atoms with Gasteiger partial charge in [0.05, 0.1) is 0 Å². The fraction of sp³-hybridized carbons (Fsp3) is 0.600. The Kier molecular flexibility index (Phi) is 3.99. The van der Waals surface area contributed by atoms with E-state index in [2.05, 4.69) is 26.6 Å². The lowest BCUT2D eigenvalue weighted by molar-refractivity contribution is -0.286. The molecule has 1 fully saturated rings. The molecule has 0 unspecified atom stereocenters. The van der Waals surface area contributed by atoms with Crippen molar-refractivity contribution < 1.29 is 18.3 Å². The first-order valence-corrected chi connectivity index (χ1v) is 7.43. The van der Waals surface area contributed by atoms with Gasteiger partial charge in [-0.3, -0.25) is 4.90 Å². The number of fused-ring (bicyclic) bond motifs is 1. The number of hydrogen-bond donors (Lipinski definition) is 1. The Morgan fingerprint density at radius 3 is 2.67 bits per heavy atom. The van der Waals surface area contributed by atoms with Gasteiger partial charge in [0, 0.05) is 32.2 Å². The van der Waals surface area contributed by atoms with E-state index in [1.807, 2.05) is 6.07 Å². The molecule has 0 saturated carbocycles. The molecule has 0 spiro atoms. The molecule has 2 aliphatic heterocycles.